The molecule has 2 aromatic carbocycles. The largest absolute Gasteiger partial charge is 0.203 e. The van der Waals surface area contributed by atoms with Gasteiger partial charge in [0.05, 0.1) is 0 Å². The Balaban J connectivity index is 1.84. The van der Waals surface area contributed by atoms with E-state index in [0.29, 0.717) is 24.3 Å². The van der Waals surface area contributed by atoms with Crippen LogP contribution in [0.5, 0.6) is 0 Å². The van der Waals surface area contributed by atoms with E-state index < -0.39 is 23.3 Å². The summed E-state index contributed by atoms with van der Waals surface area (Å²) in [5, 5.41) is 0. The maximum Gasteiger partial charge on any atom is 0.167 e. The van der Waals surface area contributed by atoms with E-state index in [9.17, 15) is 17.6 Å². The highest BCUT2D eigenvalue weighted by molar-refractivity contribution is 5.66. The third kappa shape index (κ3) is 4.57. The molecule has 1 fully saturated rings. The molecular weight excluding hydrogens is 376 g/mol. The van der Waals surface area contributed by atoms with E-state index in [0.717, 1.165) is 38.5 Å². The lowest BCUT2D eigenvalue weighted by molar-refractivity contribution is 0.306. The van der Waals surface area contributed by atoms with Crippen molar-refractivity contribution in [3.8, 4) is 11.1 Å². The molecule has 0 atom stereocenters. The lowest BCUT2D eigenvalue weighted by Crippen LogP contribution is -2.15. The molecule has 0 saturated heterocycles. The summed E-state index contributed by atoms with van der Waals surface area (Å²) in [4.78, 5) is 0. The Hall–Kier alpha value is -2.10. The summed E-state index contributed by atoms with van der Waals surface area (Å²) in [6, 6.07) is 5.72. The van der Waals surface area contributed by atoms with Crippen LogP contribution >= 0.6 is 0 Å². The third-order valence-corrected chi connectivity index (χ3v) is 6.15. The van der Waals surface area contributed by atoms with Crippen molar-refractivity contribution in [3.63, 3.8) is 0 Å². The smallest absolute Gasteiger partial charge is 0.167 e. The standard InChI is InChI=1S/C25H28F4/c1-3-5-7-16-8-10-17(11-9-16)19-14-15-21(25(29)23(19)27)20-13-12-18(6-4-2)22(26)24(20)28/h3,12-17H,1,4-11H2,2H3. The summed E-state index contributed by atoms with van der Waals surface area (Å²) in [5.74, 6) is -3.56. The Bertz CT molecular complexity index is 864. The van der Waals surface area contributed by atoms with Crippen molar-refractivity contribution in [2.24, 2.45) is 5.92 Å². The van der Waals surface area contributed by atoms with Crippen molar-refractivity contribution >= 4 is 0 Å². The van der Waals surface area contributed by atoms with Crippen LogP contribution in [-0.4, -0.2) is 0 Å². The zero-order valence-electron chi connectivity index (χ0n) is 16.9. The fourth-order valence-electron chi connectivity index (χ4n) is 4.46. The number of halogens is 4. The summed E-state index contributed by atoms with van der Waals surface area (Å²) in [6.45, 7) is 5.61. The summed E-state index contributed by atoms with van der Waals surface area (Å²) in [5.41, 5.74) is 0.125. The summed E-state index contributed by atoms with van der Waals surface area (Å²) in [7, 11) is 0. The van der Waals surface area contributed by atoms with Gasteiger partial charge in [-0.05, 0) is 67.9 Å². The Morgan fingerprint density at radius 1 is 0.862 bits per heavy atom. The van der Waals surface area contributed by atoms with Gasteiger partial charge in [0.25, 0.3) is 0 Å². The first-order chi connectivity index (χ1) is 14.0. The molecule has 0 aromatic heterocycles. The number of aryl methyl sites for hydroxylation is 1. The number of benzene rings is 2. The molecule has 156 valence electrons. The maximum atomic E-state index is 14.9. The van der Waals surface area contributed by atoms with Crippen LogP contribution < -0.4 is 0 Å². The van der Waals surface area contributed by atoms with E-state index in [-0.39, 0.29) is 22.6 Å². The summed E-state index contributed by atoms with van der Waals surface area (Å²) >= 11 is 0. The van der Waals surface area contributed by atoms with Gasteiger partial charge in [-0.3, -0.25) is 0 Å². The second-order valence-corrected chi connectivity index (χ2v) is 8.06. The molecule has 2 aromatic rings. The fourth-order valence-corrected chi connectivity index (χ4v) is 4.46. The lowest BCUT2D eigenvalue weighted by Gasteiger charge is -2.29. The Labute approximate surface area is 170 Å². The van der Waals surface area contributed by atoms with Gasteiger partial charge in [-0.1, -0.05) is 43.7 Å². The van der Waals surface area contributed by atoms with Crippen LogP contribution in [0, 0.1) is 29.2 Å². The second-order valence-electron chi connectivity index (χ2n) is 8.06. The SMILES string of the molecule is C=CCCC1CCC(c2ccc(-c3ccc(CCC)c(F)c3F)c(F)c2F)CC1. The molecule has 1 aliphatic carbocycles. The first-order valence-corrected chi connectivity index (χ1v) is 10.5. The van der Waals surface area contributed by atoms with E-state index in [4.69, 9.17) is 0 Å². The average Bonchev–Trinajstić information content (AvgIpc) is 2.73. The molecule has 0 heterocycles. The van der Waals surface area contributed by atoms with Crippen molar-refractivity contribution in [1.82, 2.24) is 0 Å². The van der Waals surface area contributed by atoms with Crippen LogP contribution in [0.4, 0.5) is 17.6 Å². The first kappa shape index (κ1) is 21.6. The lowest BCUT2D eigenvalue weighted by atomic mass is 9.77. The highest BCUT2D eigenvalue weighted by atomic mass is 19.2. The van der Waals surface area contributed by atoms with Crippen LogP contribution in [0.15, 0.2) is 36.9 Å². The van der Waals surface area contributed by atoms with Gasteiger partial charge in [0.15, 0.2) is 23.3 Å². The normalized spacial score (nSPS) is 19.3. The van der Waals surface area contributed by atoms with Crippen molar-refractivity contribution in [3.05, 3.63) is 71.3 Å². The van der Waals surface area contributed by atoms with E-state index in [1.165, 1.54) is 18.2 Å². The molecule has 1 saturated carbocycles. The molecule has 0 nitrogen and oxygen atoms in total. The quantitative estimate of drug-likeness (QED) is 0.323. The van der Waals surface area contributed by atoms with Gasteiger partial charge >= 0.3 is 0 Å². The third-order valence-electron chi connectivity index (χ3n) is 6.15. The van der Waals surface area contributed by atoms with Crippen LogP contribution in [-0.2, 0) is 6.42 Å². The van der Waals surface area contributed by atoms with E-state index in [1.807, 2.05) is 13.0 Å². The molecule has 0 unspecified atom stereocenters. The Morgan fingerprint density at radius 2 is 1.48 bits per heavy atom. The first-order valence-electron chi connectivity index (χ1n) is 10.5. The average molecular weight is 404 g/mol. The van der Waals surface area contributed by atoms with Crippen molar-refractivity contribution in [2.75, 3.05) is 0 Å². The highest BCUT2D eigenvalue weighted by Gasteiger charge is 2.27. The molecular formula is C25H28F4. The van der Waals surface area contributed by atoms with E-state index >= 15 is 0 Å². The van der Waals surface area contributed by atoms with Gasteiger partial charge in [0.1, 0.15) is 0 Å². The van der Waals surface area contributed by atoms with Gasteiger partial charge < -0.3 is 0 Å². The van der Waals surface area contributed by atoms with Crippen LogP contribution in [0.2, 0.25) is 0 Å². The molecule has 0 aliphatic heterocycles. The summed E-state index contributed by atoms with van der Waals surface area (Å²) in [6.07, 6.45) is 8.64. The molecule has 0 spiro atoms. The Kier molecular flexibility index (Phi) is 7.15. The monoisotopic (exact) mass is 404 g/mol. The minimum Gasteiger partial charge on any atom is -0.203 e. The van der Waals surface area contributed by atoms with Crippen molar-refractivity contribution in [1.29, 1.82) is 0 Å². The molecule has 4 heteroatoms. The second kappa shape index (κ2) is 9.60. The predicted molar refractivity (Wildman–Crippen MR) is 110 cm³/mol. The number of hydrogen-bond donors (Lipinski definition) is 0. The number of hydrogen-bond acceptors (Lipinski definition) is 0. The minimum atomic E-state index is -1.12. The van der Waals surface area contributed by atoms with Crippen LogP contribution in [0.25, 0.3) is 11.1 Å². The van der Waals surface area contributed by atoms with E-state index in [1.54, 1.807) is 6.07 Å². The van der Waals surface area contributed by atoms with Crippen LogP contribution in [0.3, 0.4) is 0 Å². The predicted octanol–water partition coefficient (Wildman–Crippen LogP) is 8.10. The summed E-state index contributed by atoms with van der Waals surface area (Å²) < 4.78 is 58.5. The molecule has 0 radical (unpaired) electrons. The van der Waals surface area contributed by atoms with Gasteiger partial charge in [0, 0.05) is 11.1 Å². The molecule has 1 aliphatic rings. The van der Waals surface area contributed by atoms with Crippen molar-refractivity contribution < 1.29 is 17.6 Å². The van der Waals surface area contributed by atoms with Gasteiger partial charge in [-0.2, -0.15) is 0 Å². The molecule has 29 heavy (non-hydrogen) atoms. The van der Waals surface area contributed by atoms with Gasteiger partial charge in [-0.15, -0.1) is 6.58 Å². The zero-order valence-corrected chi connectivity index (χ0v) is 16.9. The number of rotatable bonds is 7. The van der Waals surface area contributed by atoms with E-state index in [2.05, 4.69) is 6.58 Å². The van der Waals surface area contributed by atoms with Crippen molar-refractivity contribution in [2.45, 2.75) is 64.2 Å². The zero-order chi connectivity index (χ0) is 21.0. The maximum absolute atomic E-state index is 14.9. The topological polar surface area (TPSA) is 0 Å². The molecule has 0 bridgehead atoms. The molecule has 3 rings (SSSR count). The van der Waals surface area contributed by atoms with Crippen LogP contribution in [0.1, 0.15) is 68.9 Å². The number of allylic oxidation sites excluding steroid dienone is 1. The molecule has 0 N–H and O–H groups in total. The minimum absolute atomic E-state index is 0.0351. The highest BCUT2D eigenvalue weighted by Crippen LogP contribution is 2.40. The molecule has 0 amide bonds. The fraction of sp³-hybridized carbons (Fsp3) is 0.440. The van der Waals surface area contributed by atoms with Gasteiger partial charge in [-0.25, -0.2) is 17.6 Å². The Morgan fingerprint density at radius 3 is 2.10 bits per heavy atom. The van der Waals surface area contributed by atoms with Gasteiger partial charge in [0.2, 0.25) is 0 Å².